The van der Waals surface area contributed by atoms with Crippen molar-refractivity contribution < 1.29 is 36.3 Å². The summed E-state index contributed by atoms with van der Waals surface area (Å²) < 4.78 is 72.2. The molecule has 39 heavy (non-hydrogen) atoms. The molecule has 1 fully saturated rings. The van der Waals surface area contributed by atoms with Crippen LogP contribution in [-0.4, -0.2) is 77.5 Å². The lowest BCUT2D eigenvalue weighted by Crippen LogP contribution is -2.41. The van der Waals surface area contributed by atoms with Crippen molar-refractivity contribution in [2.45, 2.75) is 57.0 Å². The van der Waals surface area contributed by atoms with Crippen LogP contribution >= 0.6 is 0 Å². The maximum absolute atomic E-state index is 13.9. The predicted octanol–water partition coefficient (Wildman–Crippen LogP) is 2.93. The van der Waals surface area contributed by atoms with Gasteiger partial charge in [0.25, 0.3) is 10.0 Å². The van der Waals surface area contributed by atoms with E-state index in [1.165, 1.54) is 49.7 Å². The normalized spacial score (nSPS) is 19.7. The van der Waals surface area contributed by atoms with E-state index in [0.29, 0.717) is 16.6 Å². The number of fused-ring (bicyclic) bond motifs is 1. The standard InChI is InChI=1S/C26H33BFN3O7S/c1-17(34-6)36-13-12-31(29-16-18-8-11-21(28)22(14-18)35-7)24-20-10-9-19(15-23(20)39(32,33)30-24)27-37-25(2,3)26(4,5)38-27/h8-11,14-17H,12-13H2,1-7H3/b29-16+. The number of hydrogen-bond acceptors (Lipinski definition) is 9. The highest BCUT2D eigenvalue weighted by Gasteiger charge is 2.52. The van der Waals surface area contributed by atoms with Gasteiger partial charge in [0.2, 0.25) is 0 Å². The monoisotopic (exact) mass is 561 g/mol. The molecule has 2 heterocycles. The number of ether oxygens (including phenoxy) is 3. The van der Waals surface area contributed by atoms with E-state index >= 15 is 0 Å². The Morgan fingerprint density at radius 3 is 2.46 bits per heavy atom. The SMILES string of the molecule is COc1cc(/C=N/N(CCOC(C)OC)C2=NS(=O)(=O)c3cc(B4OC(C)(C)C(C)(C)O4)ccc32)ccc1F. The highest BCUT2D eigenvalue weighted by atomic mass is 32.2. The number of nitrogens with zero attached hydrogens (tertiary/aromatic N) is 3. The summed E-state index contributed by atoms with van der Waals surface area (Å²) in [4.78, 5) is 0.0274. The second-order valence-electron chi connectivity index (χ2n) is 10.2. The summed E-state index contributed by atoms with van der Waals surface area (Å²) in [6, 6.07) is 9.23. The van der Waals surface area contributed by atoms with E-state index in [9.17, 15) is 12.8 Å². The molecule has 2 aliphatic rings. The first-order valence-corrected chi connectivity index (χ1v) is 13.9. The van der Waals surface area contributed by atoms with E-state index in [1.807, 2.05) is 27.7 Å². The van der Waals surface area contributed by atoms with Gasteiger partial charge in [-0.15, -0.1) is 4.40 Å². The Labute approximate surface area is 228 Å². The van der Waals surface area contributed by atoms with Gasteiger partial charge >= 0.3 is 7.12 Å². The van der Waals surface area contributed by atoms with Gasteiger partial charge in [0.15, 0.2) is 23.7 Å². The number of halogens is 1. The third-order valence-corrected chi connectivity index (χ3v) is 8.32. The minimum Gasteiger partial charge on any atom is -0.494 e. The molecule has 0 amide bonds. The van der Waals surface area contributed by atoms with Crippen molar-refractivity contribution in [1.29, 1.82) is 0 Å². The molecule has 0 aliphatic carbocycles. The van der Waals surface area contributed by atoms with Crippen LogP contribution in [0.5, 0.6) is 5.75 Å². The van der Waals surface area contributed by atoms with Crippen LogP contribution in [0.1, 0.15) is 45.7 Å². The quantitative estimate of drug-likeness (QED) is 0.199. The molecule has 0 bridgehead atoms. The number of amidine groups is 1. The number of benzene rings is 2. The van der Waals surface area contributed by atoms with Crippen LogP contribution in [0.4, 0.5) is 4.39 Å². The highest BCUT2D eigenvalue weighted by molar-refractivity contribution is 7.90. The van der Waals surface area contributed by atoms with Crippen LogP contribution in [0.25, 0.3) is 0 Å². The molecule has 4 rings (SSSR count). The van der Waals surface area contributed by atoms with Gasteiger partial charge in [0.05, 0.1) is 37.7 Å². The molecule has 2 aliphatic heterocycles. The lowest BCUT2D eigenvalue weighted by molar-refractivity contribution is -0.112. The summed E-state index contributed by atoms with van der Waals surface area (Å²) >= 11 is 0. The molecule has 1 saturated heterocycles. The molecule has 0 radical (unpaired) electrons. The second-order valence-corrected chi connectivity index (χ2v) is 11.7. The highest BCUT2D eigenvalue weighted by Crippen LogP contribution is 2.37. The first-order valence-electron chi connectivity index (χ1n) is 12.4. The molecule has 2 aromatic rings. The summed E-state index contributed by atoms with van der Waals surface area (Å²) in [7, 11) is -1.87. The van der Waals surface area contributed by atoms with Crippen LogP contribution in [0.15, 0.2) is 50.8 Å². The van der Waals surface area contributed by atoms with Crippen molar-refractivity contribution in [3.05, 3.63) is 53.3 Å². The Hall–Kier alpha value is -2.84. The van der Waals surface area contributed by atoms with Crippen molar-refractivity contribution >= 4 is 34.7 Å². The smallest absolute Gasteiger partial charge is 0.494 e. The van der Waals surface area contributed by atoms with E-state index in [4.69, 9.17) is 23.5 Å². The molecule has 210 valence electrons. The Bertz CT molecular complexity index is 1380. The van der Waals surface area contributed by atoms with Crippen molar-refractivity contribution in [2.75, 3.05) is 27.4 Å². The number of hydrogen-bond donors (Lipinski definition) is 0. The zero-order valence-electron chi connectivity index (χ0n) is 23.1. The van der Waals surface area contributed by atoms with Gasteiger partial charge < -0.3 is 23.5 Å². The van der Waals surface area contributed by atoms with E-state index in [1.54, 1.807) is 19.1 Å². The van der Waals surface area contributed by atoms with Crippen LogP contribution < -0.4 is 10.2 Å². The second kappa shape index (κ2) is 11.0. The van der Waals surface area contributed by atoms with Gasteiger partial charge in [-0.3, -0.25) is 0 Å². The summed E-state index contributed by atoms with van der Waals surface area (Å²) in [6.45, 7) is 9.78. The van der Waals surface area contributed by atoms with E-state index < -0.39 is 40.5 Å². The zero-order chi connectivity index (χ0) is 28.6. The average Bonchev–Trinajstić information content (AvgIpc) is 3.28. The molecule has 0 spiro atoms. The molecule has 0 N–H and O–H groups in total. The number of methoxy groups -OCH3 is 2. The number of rotatable bonds is 9. The zero-order valence-corrected chi connectivity index (χ0v) is 23.9. The van der Waals surface area contributed by atoms with E-state index in [-0.39, 0.29) is 29.6 Å². The van der Waals surface area contributed by atoms with Gasteiger partial charge in [0.1, 0.15) is 4.90 Å². The minimum atomic E-state index is -4.03. The van der Waals surface area contributed by atoms with Crippen LogP contribution in [-0.2, 0) is 28.8 Å². The topological polar surface area (TPSA) is 108 Å². The fraction of sp³-hybridized carbons (Fsp3) is 0.462. The molecule has 1 unspecified atom stereocenters. The molecule has 0 aromatic heterocycles. The fourth-order valence-corrected chi connectivity index (χ4v) is 5.19. The Kier molecular flexibility index (Phi) is 8.20. The number of hydrazone groups is 1. The van der Waals surface area contributed by atoms with Gasteiger partial charge in [-0.2, -0.15) is 13.5 Å². The Morgan fingerprint density at radius 2 is 1.82 bits per heavy atom. The van der Waals surface area contributed by atoms with Crippen LogP contribution in [0.3, 0.4) is 0 Å². The summed E-state index contributed by atoms with van der Waals surface area (Å²) in [5.41, 5.74) is 0.334. The third-order valence-electron chi connectivity index (χ3n) is 7.01. The molecule has 10 nitrogen and oxygen atoms in total. The molecular formula is C26H33BFN3O7S. The third kappa shape index (κ3) is 6.02. The van der Waals surface area contributed by atoms with E-state index in [0.717, 1.165) is 0 Å². The molecule has 1 atom stereocenters. The van der Waals surface area contributed by atoms with Crippen molar-refractivity contribution in [2.24, 2.45) is 9.50 Å². The van der Waals surface area contributed by atoms with Crippen LogP contribution in [0, 0.1) is 5.82 Å². The van der Waals surface area contributed by atoms with Gasteiger partial charge in [-0.1, -0.05) is 18.2 Å². The molecule has 2 aromatic carbocycles. The Morgan fingerprint density at radius 1 is 1.13 bits per heavy atom. The lowest BCUT2D eigenvalue weighted by atomic mass is 9.79. The van der Waals surface area contributed by atoms with Gasteiger partial charge in [-0.05, 0) is 63.8 Å². The van der Waals surface area contributed by atoms with Crippen LogP contribution in [0.2, 0.25) is 0 Å². The lowest BCUT2D eigenvalue weighted by Gasteiger charge is -2.32. The maximum atomic E-state index is 13.9. The summed E-state index contributed by atoms with van der Waals surface area (Å²) in [6.07, 6.45) is 0.995. The van der Waals surface area contributed by atoms with Crippen molar-refractivity contribution in [1.82, 2.24) is 5.01 Å². The maximum Gasteiger partial charge on any atom is 0.494 e. The van der Waals surface area contributed by atoms with E-state index in [2.05, 4.69) is 9.50 Å². The fourth-order valence-electron chi connectivity index (χ4n) is 3.95. The first kappa shape index (κ1) is 29.2. The minimum absolute atomic E-state index is 0.0274. The van der Waals surface area contributed by atoms with Crippen molar-refractivity contribution in [3.8, 4) is 5.75 Å². The van der Waals surface area contributed by atoms with Gasteiger partial charge in [0, 0.05) is 12.7 Å². The number of sulfonamides is 1. The Balaban J connectivity index is 1.66. The van der Waals surface area contributed by atoms with Crippen molar-refractivity contribution in [3.63, 3.8) is 0 Å². The largest absolute Gasteiger partial charge is 0.494 e. The summed E-state index contributed by atoms with van der Waals surface area (Å²) in [5.74, 6) is -0.319. The molecule has 0 saturated carbocycles. The summed E-state index contributed by atoms with van der Waals surface area (Å²) in [5, 5.41) is 5.90. The molecular weight excluding hydrogens is 528 g/mol. The predicted molar refractivity (Wildman–Crippen MR) is 146 cm³/mol. The first-order chi connectivity index (χ1) is 18.3. The van der Waals surface area contributed by atoms with Gasteiger partial charge in [-0.25, -0.2) is 9.40 Å². The average molecular weight is 561 g/mol. The molecule has 13 heteroatoms.